The second-order valence-electron chi connectivity index (χ2n) is 7.50. The molecule has 2 rings (SSSR count). The van der Waals surface area contributed by atoms with Crippen LogP contribution in [-0.2, 0) is 6.42 Å². The SMILES string of the molecule is CC(C)C(O)C(C)(C)CNC(=O)Nc1ccc2c(c1)N(C)CC2. The molecule has 1 aliphatic rings. The second-order valence-corrected chi connectivity index (χ2v) is 7.50. The van der Waals surface area contributed by atoms with Crippen LogP contribution in [0.15, 0.2) is 18.2 Å². The number of nitrogens with one attached hydrogen (secondary N) is 2. The van der Waals surface area contributed by atoms with Gasteiger partial charge in [0, 0.05) is 36.9 Å². The van der Waals surface area contributed by atoms with E-state index in [0.29, 0.717) is 6.54 Å². The van der Waals surface area contributed by atoms with Crippen LogP contribution in [0.25, 0.3) is 0 Å². The van der Waals surface area contributed by atoms with E-state index in [1.165, 1.54) is 11.3 Å². The standard InChI is InChI=1S/C18H29N3O2/c1-12(2)16(22)18(3,4)11-19-17(23)20-14-7-6-13-8-9-21(5)15(13)10-14/h6-7,10,12,16,22H,8-9,11H2,1-5H3,(H2,19,20,23). The molecule has 0 aromatic heterocycles. The van der Waals surface area contributed by atoms with E-state index in [2.05, 4.69) is 28.6 Å². The van der Waals surface area contributed by atoms with E-state index in [1.807, 2.05) is 39.8 Å². The summed E-state index contributed by atoms with van der Waals surface area (Å²) in [7, 11) is 2.06. The molecule has 5 heteroatoms. The van der Waals surface area contributed by atoms with Gasteiger partial charge in [0.1, 0.15) is 0 Å². The highest BCUT2D eigenvalue weighted by atomic mass is 16.3. The molecule has 1 aliphatic heterocycles. The molecule has 1 atom stereocenters. The average molecular weight is 319 g/mol. The van der Waals surface area contributed by atoms with E-state index in [9.17, 15) is 9.90 Å². The molecular formula is C18H29N3O2. The highest BCUT2D eigenvalue weighted by Crippen LogP contribution is 2.29. The van der Waals surface area contributed by atoms with Crippen molar-refractivity contribution in [3.05, 3.63) is 23.8 Å². The van der Waals surface area contributed by atoms with E-state index in [-0.39, 0.29) is 17.4 Å². The van der Waals surface area contributed by atoms with Crippen LogP contribution >= 0.6 is 0 Å². The summed E-state index contributed by atoms with van der Waals surface area (Å²) in [5, 5.41) is 16.0. The Morgan fingerprint density at radius 2 is 2.09 bits per heavy atom. The molecule has 0 aliphatic carbocycles. The summed E-state index contributed by atoms with van der Waals surface area (Å²) in [6, 6.07) is 5.78. The number of aliphatic hydroxyl groups is 1. The fraction of sp³-hybridized carbons (Fsp3) is 0.611. The predicted octanol–water partition coefficient (Wildman–Crippen LogP) is 2.84. The molecular weight excluding hydrogens is 290 g/mol. The number of aliphatic hydroxyl groups excluding tert-OH is 1. The molecule has 23 heavy (non-hydrogen) atoms. The fourth-order valence-corrected chi connectivity index (χ4v) is 3.11. The molecule has 1 aromatic rings. The number of fused-ring (bicyclic) bond motifs is 1. The van der Waals surface area contributed by atoms with E-state index >= 15 is 0 Å². The summed E-state index contributed by atoms with van der Waals surface area (Å²) in [4.78, 5) is 14.3. The summed E-state index contributed by atoms with van der Waals surface area (Å²) in [5.41, 5.74) is 2.92. The van der Waals surface area contributed by atoms with Crippen molar-refractivity contribution in [3.8, 4) is 0 Å². The van der Waals surface area contributed by atoms with Crippen LogP contribution in [0.5, 0.6) is 0 Å². The summed E-state index contributed by atoms with van der Waals surface area (Å²) in [6.45, 7) is 9.32. The van der Waals surface area contributed by atoms with Crippen molar-refractivity contribution >= 4 is 17.4 Å². The Hall–Kier alpha value is -1.75. The van der Waals surface area contributed by atoms with Crippen molar-refractivity contribution in [1.82, 2.24) is 5.32 Å². The smallest absolute Gasteiger partial charge is 0.319 e. The van der Waals surface area contributed by atoms with Crippen LogP contribution in [0.3, 0.4) is 0 Å². The van der Waals surface area contributed by atoms with Gasteiger partial charge in [-0.25, -0.2) is 4.79 Å². The number of benzene rings is 1. The number of carbonyl (C=O) groups is 1. The average Bonchev–Trinajstić information content (AvgIpc) is 2.85. The number of carbonyl (C=O) groups excluding carboxylic acids is 1. The molecule has 2 amide bonds. The lowest BCUT2D eigenvalue weighted by atomic mass is 9.81. The van der Waals surface area contributed by atoms with Crippen LogP contribution < -0.4 is 15.5 Å². The minimum atomic E-state index is -0.462. The number of nitrogens with zero attached hydrogens (tertiary/aromatic N) is 1. The van der Waals surface area contributed by atoms with Crippen LogP contribution in [0.2, 0.25) is 0 Å². The van der Waals surface area contributed by atoms with Gasteiger partial charge in [-0.2, -0.15) is 0 Å². The molecule has 0 saturated carbocycles. The third-order valence-corrected chi connectivity index (χ3v) is 4.61. The first-order valence-corrected chi connectivity index (χ1v) is 8.27. The van der Waals surface area contributed by atoms with Crippen molar-refractivity contribution in [3.63, 3.8) is 0 Å². The number of likely N-dealkylation sites (N-methyl/N-ethyl adjacent to an activating group) is 1. The maximum absolute atomic E-state index is 12.1. The van der Waals surface area contributed by atoms with Crippen LogP contribution in [-0.4, -0.2) is 37.4 Å². The number of amides is 2. The number of urea groups is 1. The highest BCUT2D eigenvalue weighted by Gasteiger charge is 2.30. The Morgan fingerprint density at radius 3 is 2.74 bits per heavy atom. The molecule has 1 unspecified atom stereocenters. The normalized spacial score (nSPS) is 15.5. The molecule has 1 aromatic carbocycles. The fourth-order valence-electron chi connectivity index (χ4n) is 3.11. The number of hydrogen-bond acceptors (Lipinski definition) is 3. The van der Waals surface area contributed by atoms with E-state index in [4.69, 9.17) is 0 Å². The van der Waals surface area contributed by atoms with E-state index in [1.54, 1.807) is 0 Å². The maximum atomic E-state index is 12.1. The third kappa shape index (κ3) is 4.16. The number of rotatable bonds is 5. The molecule has 5 nitrogen and oxygen atoms in total. The Labute approximate surface area is 139 Å². The van der Waals surface area contributed by atoms with E-state index < -0.39 is 6.10 Å². The first kappa shape index (κ1) is 17.6. The van der Waals surface area contributed by atoms with Gasteiger partial charge in [0.05, 0.1) is 6.10 Å². The predicted molar refractivity (Wildman–Crippen MR) is 95.1 cm³/mol. The number of hydrogen-bond donors (Lipinski definition) is 3. The molecule has 0 radical (unpaired) electrons. The molecule has 0 fully saturated rings. The van der Waals surface area contributed by atoms with Crippen LogP contribution in [0.4, 0.5) is 16.2 Å². The largest absolute Gasteiger partial charge is 0.392 e. The van der Waals surface area contributed by atoms with E-state index in [0.717, 1.165) is 18.7 Å². The van der Waals surface area contributed by atoms with Gasteiger partial charge in [0.15, 0.2) is 0 Å². The Balaban J connectivity index is 1.92. The van der Waals surface area contributed by atoms with Gasteiger partial charge in [-0.15, -0.1) is 0 Å². The zero-order chi connectivity index (χ0) is 17.2. The summed E-state index contributed by atoms with van der Waals surface area (Å²) < 4.78 is 0. The minimum Gasteiger partial charge on any atom is -0.392 e. The van der Waals surface area contributed by atoms with Crippen molar-refractivity contribution in [2.45, 2.75) is 40.2 Å². The van der Waals surface area contributed by atoms with Gasteiger partial charge in [0.25, 0.3) is 0 Å². The highest BCUT2D eigenvalue weighted by molar-refractivity contribution is 5.90. The topological polar surface area (TPSA) is 64.6 Å². The zero-order valence-electron chi connectivity index (χ0n) is 14.8. The lowest BCUT2D eigenvalue weighted by molar-refractivity contribution is 0.0154. The molecule has 128 valence electrons. The minimum absolute atomic E-state index is 0.155. The Kier molecular flexibility index (Phi) is 5.19. The van der Waals surface area contributed by atoms with Crippen molar-refractivity contribution in [2.75, 3.05) is 30.4 Å². The molecule has 1 heterocycles. The van der Waals surface area contributed by atoms with Gasteiger partial charge in [-0.1, -0.05) is 33.8 Å². The van der Waals surface area contributed by atoms with Gasteiger partial charge >= 0.3 is 6.03 Å². The monoisotopic (exact) mass is 319 g/mol. The third-order valence-electron chi connectivity index (χ3n) is 4.61. The molecule has 0 bridgehead atoms. The lowest BCUT2D eigenvalue weighted by Crippen LogP contribution is -2.44. The zero-order valence-corrected chi connectivity index (χ0v) is 14.8. The van der Waals surface area contributed by atoms with Crippen molar-refractivity contribution in [1.29, 1.82) is 0 Å². The van der Waals surface area contributed by atoms with Crippen LogP contribution in [0.1, 0.15) is 33.3 Å². The second kappa shape index (κ2) is 6.79. The summed E-state index contributed by atoms with van der Waals surface area (Å²) in [5.74, 6) is 0.155. The maximum Gasteiger partial charge on any atom is 0.319 e. The quantitative estimate of drug-likeness (QED) is 0.782. The van der Waals surface area contributed by atoms with Gasteiger partial charge in [-0.05, 0) is 30.0 Å². The molecule has 3 N–H and O–H groups in total. The van der Waals surface area contributed by atoms with Gasteiger partial charge < -0.3 is 20.6 Å². The summed E-state index contributed by atoms with van der Waals surface area (Å²) in [6.07, 6.45) is 0.594. The molecule has 0 saturated heterocycles. The summed E-state index contributed by atoms with van der Waals surface area (Å²) >= 11 is 0. The Morgan fingerprint density at radius 1 is 1.39 bits per heavy atom. The first-order valence-electron chi connectivity index (χ1n) is 8.27. The first-order chi connectivity index (χ1) is 10.7. The van der Waals surface area contributed by atoms with Crippen molar-refractivity contribution < 1.29 is 9.90 Å². The Bertz CT molecular complexity index is 569. The van der Waals surface area contributed by atoms with Crippen molar-refractivity contribution in [2.24, 2.45) is 11.3 Å². The van der Waals surface area contributed by atoms with Gasteiger partial charge in [0.2, 0.25) is 0 Å². The lowest BCUT2D eigenvalue weighted by Gasteiger charge is -2.33. The molecule has 0 spiro atoms. The number of anilines is 2. The van der Waals surface area contributed by atoms with Gasteiger partial charge in [-0.3, -0.25) is 0 Å². The van der Waals surface area contributed by atoms with Crippen LogP contribution in [0, 0.1) is 11.3 Å².